The van der Waals surface area contributed by atoms with Crippen molar-refractivity contribution in [2.75, 3.05) is 19.9 Å². The molecule has 1 amide bonds. The van der Waals surface area contributed by atoms with E-state index in [2.05, 4.69) is 6.92 Å². The van der Waals surface area contributed by atoms with Crippen LogP contribution in [0.15, 0.2) is 18.2 Å². The number of anilines is 1. The molecule has 4 nitrogen and oxygen atoms in total. The summed E-state index contributed by atoms with van der Waals surface area (Å²) in [7, 11) is 3.48. The molecule has 1 aliphatic rings. The summed E-state index contributed by atoms with van der Waals surface area (Å²) in [6.45, 7) is 2.25. The van der Waals surface area contributed by atoms with Crippen LogP contribution in [0.2, 0.25) is 0 Å². The SMILES string of the molecule is CCC1CCC(N(C)C(=O)c2ccc(OC)cc2N)CC1. The van der Waals surface area contributed by atoms with Crippen LogP contribution in [0.25, 0.3) is 0 Å². The number of carbonyl (C=O) groups excluding carboxylic acids is 1. The Hall–Kier alpha value is -1.71. The van der Waals surface area contributed by atoms with Crippen LogP contribution in [0.3, 0.4) is 0 Å². The Morgan fingerprint density at radius 3 is 2.52 bits per heavy atom. The molecule has 0 unspecified atom stereocenters. The lowest BCUT2D eigenvalue weighted by Gasteiger charge is -2.34. The van der Waals surface area contributed by atoms with Crippen LogP contribution in [0.5, 0.6) is 5.75 Å². The fraction of sp³-hybridized carbons (Fsp3) is 0.588. The average molecular weight is 290 g/mol. The highest BCUT2D eigenvalue weighted by Gasteiger charge is 2.27. The molecule has 1 aromatic rings. The summed E-state index contributed by atoms with van der Waals surface area (Å²) in [6.07, 6.45) is 5.87. The second-order valence-electron chi connectivity index (χ2n) is 5.95. The number of carbonyl (C=O) groups is 1. The zero-order chi connectivity index (χ0) is 15.4. The largest absolute Gasteiger partial charge is 0.497 e. The van der Waals surface area contributed by atoms with E-state index in [0.29, 0.717) is 23.0 Å². The highest BCUT2D eigenvalue weighted by molar-refractivity contribution is 5.99. The molecule has 2 rings (SSSR count). The Morgan fingerprint density at radius 2 is 2.00 bits per heavy atom. The van der Waals surface area contributed by atoms with Crippen molar-refractivity contribution in [2.45, 2.75) is 45.1 Å². The van der Waals surface area contributed by atoms with E-state index in [1.54, 1.807) is 25.3 Å². The number of methoxy groups -OCH3 is 1. The Morgan fingerprint density at radius 1 is 1.33 bits per heavy atom. The van der Waals surface area contributed by atoms with Gasteiger partial charge in [0, 0.05) is 24.8 Å². The van der Waals surface area contributed by atoms with Gasteiger partial charge in [-0.25, -0.2) is 0 Å². The van der Waals surface area contributed by atoms with E-state index in [-0.39, 0.29) is 5.91 Å². The van der Waals surface area contributed by atoms with Crippen molar-refractivity contribution >= 4 is 11.6 Å². The molecule has 0 spiro atoms. The van der Waals surface area contributed by atoms with E-state index in [1.807, 2.05) is 11.9 Å². The summed E-state index contributed by atoms with van der Waals surface area (Å²) >= 11 is 0. The highest BCUT2D eigenvalue weighted by atomic mass is 16.5. The molecule has 0 heterocycles. The molecule has 1 aromatic carbocycles. The molecule has 0 bridgehead atoms. The third-order valence-electron chi connectivity index (χ3n) is 4.75. The van der Waals surface area contributed by atoms with E-state index >= 15 is 0 Å². The Labute approximate surface area is 127 Å². The molecule has 0 saturated heterocycles. The topological polar surface area (TPSA) is 55.6 Å². The Kier molecular flexibility index (Phi) is 5.10. The first-order valence-corrected chi connectivity index (χ1v) is 7.77. The van der Waals surface area contributed by atoms with Crippen LogP contribution >= 0.6 is 0 Å². The fourth-order valence-corrected chi connectivity index (χ4v) is 3.16. The van der Waals surface area contributed by atoms with Crippen molar-refractivity contribution in [3.63, 3.8) is 0 Å². The third-order valence-corrected chi connectivity index (χ3v) is 4.75. The molecule has 4 heteroatoms. The van der Waals surface area contributed by atoms with Gasteiger partial charge in [0.05, 0.1) is 12.7 Å². The van der Waals surface area contributed by atoms with Crippen LogP contribution < -0.4 is 10.5 Å². The summed E-state index contributed by atoms with van der Waals surface area (Å²) < 4.78 is 5.13. The summed E-state index contributed by atoms with van der Waals surface area (Å²) in [4.78, 5) is 14.5. The number of amides is 1. The van der Waals surface area contributed by atoms with Gasteiger partial charge in [-0.3, -0.25) is 4.79 Å². The van der Waals surface area contributed by atoms with Gasteiger partial charge in [0.2, 0.25) is 0 Å². The Balaban J connectivity index is 2.06. The van der Waals surface area contributed by atoms with Crippen LogP contribution in [0, 0.1) is 5.92 Å². The number of nitrogens with zero attached hydrogens (tertiary/aromatic N) is 1. The second-order valence-corrected chi connectivity index (χ2v) is 5.95. The lowest BCUT2D eigenvalue weighted by molar-refractivity contribution is 0.0676. The molecule has 0 aromatic heterocycles. The maximum atomic E-state index is 12.6. The van der Waals surface area contributed by atoms with E-state index in [9.17, 15) is 4.79 Å². The van der Waals surface area contributed by atoms with Crippen molar-refractivity contribution in [1.82, 2.24) is 4.90 Å². The molecule has 0 aliphatic heterocycles. The van der Waals surface area contributed by atoms with E-state index in [4.69, 9.17) is 10.5 Å². The minimum Gasteiger partial charge on any atom is -0.497 e. The molecule has 1 fully saturated rings. The van der Waals surface area contributed by atoms with E-state index < -0.39 is 0 Å². The van der Waals surface area contributed by atoms with Gasteiger partial charge in [-0.2, -0.15) is 0 Å². The summed E-state index contributed by atoms with van der Waals surface area (Å²) in [6, 6.07) is 5.58. The summed E-state index contributed by atoms with van der Waals surface area (Å²) in [5.74, 6) is 1.51. The lowest BCUT2D eigenvalue weighted by atomic mass is 9.84. The monoisotopic (exact) mass is 290 g/mol. The van der Waals surface area contributed by atoms with Crippen molar-refractivity contribution in [3.8, 4) is 5.75 Å². The van der Waals surface area contributed by atoms with Crippen molar-refractivity contribution in [3.05, 3.63) is 23.8 Å². The number of rotatable bonds is 4. The normalized spacial score (nSPS) is 21.9. The molecule has 1 aliphatic carbocycles. The maximum absolute atomic E-state index is 12.6. The zero-order valence-electron chi connectivity index (χ0n) is 13.3. The molecule has 2 N–H and O–H groups in total. The van der Waals surface area contributed by atoms with Crippen LogP contribution in [-0.2, 0) is 0 Å². The highest BCUT2D eigenvalue weighted by Crippen LogP contribution is 2.30. The van der Waals surface area contributed by atoms with Gasteiger partial charge in [-0.05, 0) is 43.7 Å². The second kappa shape index (κ2) is 6.83. The number of ether oxygens (including phenoxy) is 1. The molecule has 0 atom stereocenters. The smallest absolute Gasteiger partial charge is 0.255 e. The molecule has 0 radical (unpaired) electrons. The first-order valence-electron chi connectivity index (χ1n) is 7.77. The average Bonchev–Trinajstić information content (AvgIpc) is 2.53. The van der Waals surface area contributed by atoms with Crippen molar-refractivity contribution in [1.29, 1.82) is 0 Å². The van der Waals surface area contributed by atoms with Gasteiger partial charge in [-0.15, -0.1) is 0 Å². The lowest BCUT2D eigenvalue weighted by Crippen LogP contribution is -2.39. The van der Waals surface area contributed by atoms with Gasteiger partial charge >= 0.3 is 0 Å². The first-order chi connectivity index (χ1) is 10.1. The summed E-state index contributed by atoms with van der Waals surface area (Å²) in [5, 5.41) is 0. The number of hydrogen-bond acceptors (Lipinski definition) is 3. The first kappa shape index (κ1) is 15.7. The Bertz CT molecular complexity index is 494. The van der Waals surface area contributed by atoms with Gasteiger partial charge in [0.15, 0.2) is 0 Å². The van der Waals surface area contributed by atoms with Gasteiger partial charge in [0.25, 0.3) is 5.91 Å². The van der Waals surface area contributed by atoms with Crippen LogP contribution in [-0.4, -0.2) is 31.0 Å². The quantitative estimate of drug-likeness (QED) is 0.865. The number of hydrogen-bond donors (Lipinski definition) is 1. The zero-order valence-corrected chi connectivity index (χ0v) is 13.3. The molecule has 1 saturated carbocycles. The van der Waals surface area contributed by atoms with Gasteiger partial charge < -0.3 is 15.4 Å². The van der Waals surface area contributed by atoms with E-state index in [0.717, 1.165) is 18.8 Å². The fourth-order valence-electron chi connectivity index (χ4n) is 3.16. The van der Waals surface area contributed by atoms with E-state index in [1.165, 1.54) is 19.3 Å². The predicted octanol–water partition coefficient (Wildman–Crippen LogP) is 3.32. The molecule has 116 valence electrons. The van der Waals surface area contributed by atoms with Crippen molar-refractivity contribution < 1.29 is 9.53 Å². The maximum Gasteiger partial charge on any atom is 0.255 e. The number of nitrogen functional groups attached to an aromatic ring is 1. The van der Waals surface area contributed by atoms with Crippen molar-refractivity contribution in [2.24, 2.45) is 5.92 Å². The molecular formula is C17H26N2O2. The summed E-state index contributed by atoms with van der Waals surface area (Å²) in [5.41, 5.74) is 7.03. The molecule has 21 heavy (non-hydrogen) atoms. The predicted molar refractivity (Wildman–Crippen MR) is 85.5 cm³/mol. The van der Waals surface area contributed by atoms with Gasteiger partial charge in [0.1, 0.15) is 5.75 Å². The molecular weight excluding hydrogens is 264 g/mol. The van der Waals surface area contributed by atoms with Gasteiger partial charge in [-0.1, -0.05) is 13.3 Å². The third kappa shape index (κ3) is 3.49. The van der Waals surface area contributed by atoms with Crippen LogP contribution in [0.1, 0.15) is 49.4 Å². The standard InChI is InChI=1S/C17H26N2O2/c1-4-12-5-7-13(8-6-12)19(2)17(20)15-10-9-14(21-3)11-16(15)18/h9-13H,4-8,18H2,1-3H3. The van der Waals surface area contributed by atoms with Crippen LogP contribution in [0.4, 0.5) is 5.69 Å². The number of nitrogens with two attached hydrogens (primary N) is 1. The minimum atomic E-state index is 0.00935. The minimum absolute atomic E-state index is 0.00935. The number of benzene rings is 1.